The maximum absolute atomic E-state index is 11.7. The lowest BCUT2D eigenvalue weighted by molar-refractivity contribution is -0.154. The normalized spacial score (nSPS) is 23.0. The maximum atomic E-state index is 11.7. The zero-order valence-electron chi connectivity index (χ0n) is 8.95. The van der Waals surface area contributed by atoms with Gasteiger partial charge in [-0.05, 0) is 6.92 Å². The van der Waals surface area contributed by atoms with Gasteiger partial charge >= 0.3 is 0 Å². The zero-order valence-corrected chi connectivity index (χ0v) is 8.95. The number of hydrogen-bond donors (Lipinski definition) is 0. The van der Waals surface area contributed by atoms with Gasteiger partial charge in [0.25, 0.3) is 0 Å². The van der Waals surface area contributed by atoms with Gasteiger partial charge in [-0.15, -0.1) is 0 Å². The van der Waals surface area contributed by atoms with Gasteiger partial charge in [0.1, 0.15) is 12.6 Å². The van der Waals surface area contributed by atoms with Crippen LogP contribution in [-0.4, -0.2) is 42.4 Å². The third kappa shape index (κ3) is 2.12. The summed E-state index contributed by atoms with van der Waals surface area (Å²) in [6.07, 6.45) is 0. The van der Waals surface area contributed by atoms with E-state index in [9.17, 15) is 9.59 Å². The SMILES string of the molecule is CCN1C(=O)COC[C@@H]1C(=O)C(C)C. The molecule has 0 unspecified atom stereocenters. The number of morpholine rings is 1. The van der Waals surface area contributed by atoms with E-state index in [0.29, 0.717) is 13.2 Å². The third-order valence-electron chi connectivity index (χ3n) is 2.44. The van der Waals surface area contributed by atoms with Crippen LogP contribution in [-0.2, 0) is 14.3 Å². The number of Topliss-reactive ketones (excluding diaryl/α,β-unsaturated/α-hetero) is 1. The molecule has 1 rings (SSSR count). The fourth-order valence-corrected chi connectivity index (χ4v) is 1.62. The standard InChI is InChI=1S/C10H17NO3/c1-4-11-8(10(13)7(2)3)5-14-6-9(11)12/h7-8H,4-6H2,1-3H3/t8-/m1/s1. The van der Waals surface area contributed by atoms with E-state index in [2.05, 4.69) is 0 Å². The van der Waals surface area contributed by atoms with Crippen LogP contribution >= 0.6 is 0 Å². The van der Waals surface area contributed by atoms with Gasteiger partial charge < -0.3 is 9.64 Å². The summed E-state index contributed by atoms with van der Waals surface area (Å²) in [5, 5.41) is 0. The number of hydrogen-bond acceptors (Lipinski definition) is 3. The van der Waals surface area contributed by atoms with Gasteiger partial charge in [0.05, 0.1) is 6.61 Å². The minimum Gasteiger partial charge on any atom is -0.369 e. The Morgan fingerprint density at radius 2 is 2.29 bits per heavy atom. The van der Waals surface area contributed by atoms with Crippen molar-refractivity contribution in [1.82, 2.24) is 4.90 Å². The number of likely N-dealkylation sites (N-methyl/N-ethyl adjacent to an activating group) is 1. The lowest BCUT2D eigenvalue weighted by Crippen LogP contribution is -2.54. The second-order valence-electron chi connectivity index (χ2n) is 3.77. The molecular formula is C10H17NO3. The quantitative estimate of drug-likeness (QED) is 0.663. The Hall–Kier alpha value is -0.900. The van der Waals surface area contributed by atoms with Gasteiger partial charge in [-0.1, -0.05) is 13.8 Å². The summed E-state index contributed by atoms with van der Waals surface area (Å²) in [6, 6.07) is -0.374. The molecule has 1 saturated heterocycles. The largest absolute Gasteiger partial charge is 0.369 e. The lowest BCUT2D eigenvalue weighted by Gasteiger charge is -2.34. The van der Waals surface area contributed by atoms with E-state index in [-0.39, 0.29) is 30.3 Å². The Balaban J connectivity index is 2.74. The number of rotatable bonds is 3. The van der Waals surface area contributed by atoms with Crippen molar-refractivity contribution in [1.29, 1.82) is 0 Å². The Morgan fingerprint density at radius 1 is 1.64 bits per heavy atom. The van der Waals surface area contributed by atoms with Gasteiger partial charge in [0.15, 0.2) is 5.78 Å². The average Bonchev–Trinajstić information content (AvgIpc) is 2.16. The van der Waals surface area contributed by atoms with E-state index >= 15 is 0 Å². The van der Waals surface area contributed by atoms with Crippen LogP contribution in [0.15, 0.2) is 0 Å². The van der Waals surface area contributed by atoms with Gasteiger partial charge in [-0.2, -0.15) is 0 Å². The van der Waals surface area contributed by atoms with Gasteiger partial charge in [-0.3, -0.25) is 9.59 Å². The minimum absolute atomic E-state index is 0.0523. The molecular weight excluding hydrogens is 182 g/mol. The molecule has 0 aromatic heterocycles. The van der Waals surface area contributed by atoms with E-state index in [1.807, 2.05) is 20.8 Å². The molecule has 0 spiro atoms. The van der Waals surface area contributed by atoms with Crippen LogP contribution in [0.3, 0.4) is 0 Å². The van der Waals surface area contributed by atoms with Crippen molar-refractivity contribution >= 4 is 11.7 Å². The van der Waals surface area contributed by atoms with Crippen molar-refractivity contribution in [3.05, 3.63) is 0 Å². The molecule has 0 aromatic rings. The van der Waals surface area contributed by atoms with Crippen molar-refractivity contribution < 1.29 is 14.3 Å². The molecule has 1 fully saturated rings. The zero-order chi connectivity index (χ0) is 10.7. The molecule has 4 nitrogen and oxygen atoms in total. The summed E-state index contributed by atoms with van der Waals surface area (Å²) in [7, 11) is 0. The molecule has 0 aliphatic carbocycles. The summed E-state index contributed by atoms with van der Waals surface area (Å²) in [5.41, 5.74) is 0. The van der Waals surface area contributed by atoms with Crippen molar-refractivity contribution in [2.75, 3.05) is 19.8 Å². The summed E-state index contributed by atoms with van der Waals surface area (Å²) in [6.45, 7) is 6.59. The summed E-state index contributed by atoms with van der Waals surface area (Å²) >= 11 is 0. The average molecular weight is 199 g/mol. The Labute approximate surface area is 84.2 Å². The number of carbonyl (C=O) groups excluding carboxylic acids is 2. The summed E-state index contributed by atoms with van der Waals surface area (Å²) < 4.78 is 5.09. The molecule has 4 heteroatoms. The van der Waals surface area contributed by atoms with Crippen LogP contribution in [0.25, 0.3) is 0 Å². The van der Waals surface area contributed by atoms with E-state index in [0.717, 1.165) is 0 Å². The molecule has 1 heterocycles. The molecule has 0 radical (unpaired) electrons. The predicted molar refractivity (Wildman–Crippen MR) is 51.8 cm³/mol. The molecule has 0 N–H and O–H groups in total. The summed E-state index contributed by atoms with van der Waals surface area (Å²) in [4.78, 5) is 24.8. The van der Waals surface area contributed by atoms with Crippen LogP contribution < -0.4 is 0 Å². The summed E-state index contributed by atoms with van der Waals surface area (Å²) in [5.74, 6) is -0.0544. The highest BCUT2D eigenvalue weighted by atomic mass is 16.5. The number of amides is 1. The molecule has 0 saturated carbocycles. The highest BCUT2D eigenvalue weighted by Crippen LogP contribution is 2.12. The van der Waals surface area contributed by atoms with Crippen LogP contribution in [0.5, 0.6) is 0 Å². The van der Waals surface area contributed by atoms with Crippen LogP contribution in [0.4, 0.5) is 0 Å². The fraction of sp³-hybridized carbons (Fsp3) is 0.800. The Bertz CT molecular complexity index is 238. The number of ether oxygens (including phenoxy) is 1. The lowest BCUT2D eigenvalue weighted by atomic mass is 10.00. The van der Waals surface area contributed by atoms with Crippen LogP contribution in [0.2, 0.25) is 0 Å². The predicted octanol–water partition coefficient (Wildman–Crippen LogP) is 0.459. The first-order valence-electron chi connectivity index (χ1n) is 4.98. The Kier molecular flexibility index (Phi) is 3.63. The first kappa shape index (κ1) is 11.2. The fourth-order valence-electron chi connectivity index (χ4n) is 1.62. The van der Waals surface area contributed by atoms with Crippen molar-refractivity contribution in [2.24, 2.45) is 5.92 Å². The van der Waals surface area contributed by atoms with Crippen LogP contribution in [0.1, 0.15) is 20.8 Å². The first-order chi connectivity index (χ1) is 6.57. The molecule has 0 bridgehead atoms. The molecule has 80 valence electrons. The van der Waals surface area contributed by atoms with E-state index in [4.69, 9.17) is 4.74 Å². The molecule has 1 aliphatic heterocycles. The molecule has 0 aromatic carbocycles. The topological polar surface area (TPSA) is 46.6 Å². The second kappa shape index (κ2) is 4.55. The number of carbonyl (C=O) groups is 2. The van der Waals surface area contributed by atoms with E-state index in [1.54, 1.807) is 4.90 Å². The molecule has 1 aliphatic rings. The van der Waals surface area contributed by atoms with Crippen LogP contribution in [0, 0.1) is 5.92 Å². The highest BCUT2D eigenvalue weighted by molar-refractivity contribution is 5.91. The van der Waals surface area contributed by atoms with E-state index in [1.165, 1.54) is 0 Å². The Morgan fingerprint density at radius 3 is 2.79 bits per heavy atom. The maximum Gasteiger partial charge on any atom is 0.249 e. The highest BCUT2D eigenvalue weighted by Gasteiger charge is 2.33. The van der Waals surface area contributed by atoms with E-state index < -0.39 is 0 Å². The molecule has 1 amide bonds. The van der Waals surface area contributed by atoms with Crippen molar-refractivity contribution in [3.63, 3.8) is 0 Å². The molecule has 1 atom stereocenters. The van der Waals surface area contributed by atoms with Crippen molar-refractivity contribution in [3.8, 4) is 0 Å². The minimum atomic E-state index is -0.374. The number of ketones is 1. The monoisotopic (exact) mass is 199 g/mol. The second-order valence-corrected chi connectivity index (χ2v) is 3.77. The van der Waals surface area contributed by atoms with Gasteiger partial charge in [-0.25, -0.2) is 0 Å². The van der Waals surface area contributed by atoms with Crippen molar-refractivity contribution in [2.45, 2.75) is 26.8 Å². The first-order valence-corrected chi connectivity index (χ1v) is 4.98. The van der Waals surface area contributed by atoms with Gasteiger partial charge in [0.2, 0.25) is 5.91 Å². The molecule has 14 heavy (non-hydrogen) atoms. The van der Waals surface area contributed by atoms with Gasteiger partial charge in [0, 0.05) is 12.5 Å². The number of nitrogens with zero attached hydrogens (tertiary/aromatic N) is 1. The third-order valence-corrected chi connectivity index (χ3v) is 2.44. The smallest absolute Gasteiger partial charge is 0.249 e.